The van der Waals surface area contributed by atoms with Crippen LogP contribution in [0.4, 0.5) is 0 Å². The van der Waals surface area contributed by atoms with E-state index in [0.717, 1.165) is 42.4 Å². The zero-order chi connectivity index (χ0) is 17.4. The molecule has 0 spiro atoms. The SMILES string of the molecule is NC(=O)c1cccc2[nH]c([C@H]3CCN(Cc4cccc(Cl)c4)C3)nc12. The van der Waals surface area contributed by atoms with E-state index in [1.165, 1.54) is 5.56 Å². The standard InChI is InChI=1S/C19H19ClN4O/c20-14-4-1-3-12(9-14)10-24-8-7-13(11-24)19-22-16-6-2-5-15(18(21)25)17(16)23-19/h1-6,9,13H,7-8,10-11H2,(H2,21,25)(H,22,23)/t13-/m0/s1. The van der Waals surface area contributed by atoms with Crippen molar-refractivity contribution in [2.45, 2.75) is 18.9 Å². The molecule has 1 aliphatic rings. The Balaban J connectivity index is 1.53. The van der Waals surface area contributed by atoms with E-state index in [1.807, 2.05) is 30.3 Å². The molecule has 1 atom stereocenters. The lowest BCUT2D eigenvalue weighted by Crippen LogP contribution is -2.19. The number of carbonyl (C=O) groups is 1. The van der Waals surface area contributed by atoms with E-state index in [2.05, 4.69) is 20.9 Å². The van der Waals surface area contributed by atoms with Gasteiger partial charge in [0.1, 0.15) is 11.3 Å². The maximum atomic E-state index is 11.6. The van der Waals surface area contributed by atoms with Gasteiger partial charge in [-0.15, -0.1) is 0 Å². The Kier molecular flexibility index (Phi) is 4.19. The second-order valence-corrected chi connectivity index (χ2v) is 6.98. The first-order valence-electron chi connectivity index (χ1n) is 8.35. The van der Waals surface area contributed by atoms with Crippen molar-refractivity contribution in [1.29, 1.82) is 0 Å². The molecule has 1 aromatic heterocycles. The number of carbonyl (C=O) groups excluding carboxylic acids is 1. The summed E-state index contributed by atoms with van der Waals surface area (Å²) < 4.78 is 0. The van der Waals surface area contributed by atoms with Gasteiger partial charge < -0.3 is 10.7 Å². The molecule has 1 aliphatic heterocycles. The molecular weight excluding hydrogens is 336 g/mol. The minimum atomic E-state index is -0.447. The predicted octanol–water partition coefficient (Wildman–Crippen LogP) is 3.30. The molecule has 4 rings (SSSR count). The first-order valence-corrected chi connectivity index (χ1v) is 8.73. The fourth-order valence-corrected chi connectivity index (χ4v) is 3.75. The summed E-state index contributed by atoms with van der Waals surface area (Å²) in [4.78, 5) is 22.0. The number of hydrogen-bond acceptors (Lipinski definition) is 3. The van der Waals surface area contributed by atoms with Crippen LogP contribution >= 0.6 is 11.6 Å². The molecule has 1 saturated heterocycles. The lowest BCUT2D eigenvalue weighted by Gasteiger charge is -2.15. The van der Waals surface area contributed by atoms with Crippen molar-refractivity contribution in [2.75, 3.05) is 13.1 Å². The number of fused-ring (bicyclic) bond motifs is 1. The van der Waals surface area contributed by atoms with Crippen LogP contribution in [0.2, 0.25) is 5.02 Å². The number of nitrogens with zero attached hydrogens (tertiary/aromatic N) is 2. The average molecular weight is 355 g/mol. The van der Waals surface area contributed by atoms with Gasteiger partial charge in [0, 0.05) is 24.0 Å². The lowest BCUT2D eigenvalue weighted by molar-refractivity contribution is 0.100. The molecule has 2 aromatic carbocycles. The van der Waals surface area contributed by atoms with E-state index in [9.17, 15) is 4.79 Å². The summed E-state index contributed by atoms with van der Waals surface area (Å²) in [5.41, 5.74) is 8.66. The molecule has 128 valence electrons. The van der Waals surface area contributed by atoms with Crippen molar-refractivity contribution in [3.8, 4) is 0 Å². The highest BCUT2D eigenvalue weighted by Crippen LogP contribution is 2.29. The summed E-state index contributed by atoms with van der Waals surface area (Å²) in [7, 11) is 0. The van der Waals surface area contributed by atoms with E-state index in [4.69, 9.17) is 17.3 Å². The minimum absolute atomic E-state index is 0.326. The summed E-state index contributed by atoms with van der Waals surface area (Å²) in [6, 6.07) is 13.4. The van der Waals surface area contributed by atoms with Gasteiger partial charge in [0.25, 0.3) is 5.91 Å². The molecule has 0 radical (unpaired) electrons. The third-order valence-electron chi connectivity index (χ3n) is 4.75. The number of para-hydroxylation sites is 1. The van der Waals surface area contributed by atoms with Gasteiger partial charge in [-0.05, 0) is 42.8 Å². The molecule has 0 aliphatic carbocycles. The lowest BCUT2D eigenvalue weighted by atomic mass is 10.1. The second kappa shape index (κ2) is 6.50. The van der Waals surface area contributed by atoms with Gasteiger partial charge in [0.05, 0.1) is 11.1 Å². The highest BCUT2D eigenvalue weighted by Gasteiger charge is 2.26. The van der Waals surface area contributed by atoms with Crippen LogP contribution in [0, 0.1) is 0 Å². The molecule has 0 saturated carbocycles. The summed E-state index contributed by atoms with van der Waals surface area (Å²) >= 11 is 6.07. The first-order chi connectivity index (χ1) is 12.1. The number of amides is 1. The Morgan fingerprint density at radius 1 is 1.32 bits per heavy atom. The van der Waals surface area contributed by atoms with E-state index in [-0.39, 0.29) is 0 Å². The van der Waals surface area contributed by atoms with Gasteiger partial charge in [0.15, 0.2) is 0 Å². The summed E-state index contributed by atoms with van der Waals surface area (Å²) in [6.45, 7) is 2.82. The zero-order valence-corrected chi connectivity index (χ0v) is 14.5. The fourth-order valence-electron chi connectivity index (χ4n) is 3.54. The van der Waals surface area contributed by atoms with Crippen molar-refractivity contribution in [3.05, 3.63) is 64.4 Å². The number of primary amides is 1. The fraction of sp³-hybridized carbons (Fsp3) is 0.263. The number of nitrogens with one attached hydrogen (secondary N) is 1. The van der Waals surface area contributed by atoms with Crippen LogP contribution in [0.5, 0.6) is 0 Å². The van der Waals surface area contributed by atoms with Crippen LogP contribution in [0.1, 0.15) is 34.1 Å². The highest BCUT2D eigenvalue weighted by molar-refractivity contribution is 6.30. The van der Waals surface area contributed by atoms with Gasteiger partial charge in [0.2, 0.25) is 0 Å². The van der Waals surface area contributed by atoms with Crippen molar-refractivity contribution < 1.29 is 4.79 Å². The number of hydrogen-bond donors (Lipinski definition) is 2. The zero-order valence-electron chi connectivity index (χ0n) is 13.7. The number of likely N-dealkylation sites (tertiary alicyclic amines) is 1. The number of aromatic amines is 1. The van der Waals surface area contributed by atoms with Crippen LogP contribution in [0.15, 0.2) is 42.5 Å². The number of H-pyrrole nitrogens is 1. The average Bonchev–Trinajstić information content (AvgIpc) is 3.20. The van der Waals surface area contributed by atoms with Gasteiger partial charge in [-0.2, -0.15) is 0 Å². The number of rotatable bonds is 4. The van der Waals surface area contributed by atoms with Crippen LogP contribution in [-0.4, -0.2) is 33.9 Å². The molecule has 3 aromatic rings. The number of benzene rings is 2. The summed E-state index contributed by atoms with van der Waals surface area (Å²) in [6.07, 6.45) is 1.03. The van der Waals surface area contributed by atoms with Gasteiger partial charge in [-0.3, -0.25) is 9.69 Å². The van der Waals surface area contributed by atoms with Crippen molar-refractivity contribution in [2.24, 2.45) is 5.73 Å². The van der Waals surface area contributed by atoms with Crippen molar-refractivity contribution in [1.82, 2.24) is 14.9 Å². The van der Waals surface area contributed by atoms with Crippen LogP contribution in [-0.2, 0) is 6.54 Å². The third kappa shape index (κ3) is 3.25. The Hall–Kier alpha value is -2.37. The van der Waals surface area contributed by atoms with Gasteiger partial charge >= 0.3 is 0 Å². The number of aromatic nitrogens is 2. The first kappa shape index (κ1) is 16.1. The Morgan fingerprint density at radius 3 is 2.96 bits per heavy atom. The largest absolute Gasteiger partial charge is 0.366 e. The van der Waals surface area contributed by atoms with Crippen LogP contribution in [0.25, 0.3) is 11.0 Å². The van der Waals surface area contributed by atoms with Gasteiger partial charge in [-0.1, -0.05) is 29.8 Å². The maximum Gasteiger partial charge on any atom is 0.250 e. The Bertz CT molecular complexity index is 936. The second-order valence-electron chi connectivity index (χ2n) is 6.54. The van der Waals surface area contributed by atoms with E-state index in [0.29, 0.717) is 17.0 Å². The van der Waals surface area contributed by atoms with E-state index >= 15 is 0 Å². The quantitative estimate of drug-likeness (QED) is 0.754. The molecule has 5 nitrogen and oxygen atoms in total. The number of imidazole rings is 1. The predicted molar refractivity (Wildman–Crippen MR) is 98.7 cm³/mol. The summed E-state index contributed by atoms with van der Waals surface area (Å²) in [5, 5.41) is 0.768. The Morgan fingerprint density at radius 2 is 2.16 bits per heavy atom. The molecular formula is C19H19ClN4O. The van der Waals surface area contributed by atoms with E-state index < -0.39 is 5.91 Å². The normalized spacial score (nSPS) is 18.0. The highest BCUT2D eigenvalue weighted by atomic mass is 35.5. The van der Waals surface area contributed by atoms with Crippen molar-refractivity contribution >= 4 is 28.5 Å². The third-order valence-corrected chi connectivity index (χ3v) is 4.99. The molecule has 0 unspecified atom stereocenters. The van der Waals surface area contributed by atoms with E-state index in [1.54, 1.807) is 6.07 Å². The van der Waals surface area contributed by atoms with Crippen LogP contribution < -0.4 is 5.73 Å². The number of nitrogens with two attached hydrogens (primary N) is 1. The number of halogens is 1. The molecule has 1 fully saturated rings. The molecule has 3 N–H and O–H groups in total. The summed E-state index contributed by atoms with van der Waals surface area (Å²) in [5.74, 6) is 0.808. The maximum absolute atomic E-state index is 11.6. The molecule has 2 heterocycles. The molecule has 0 bridgehead atoms. The minimum Gasteiger partial charge on any atom is -0.366 e. The monoisotopic (exact) mass is 354 g/mol. The van der Waals surface area contributed by atoms with Crippen LogP contribution in [0.3, 0.4) is 0 Å². The molecule has 1 amide bonds. The van der Waals surface area contributed by atoms with Gasteiger partial charge in [-0.25, -0.2) is 4.98 Å². The Labute approximate surface area is 150 Å². The smallest absolute Gasteiger partial charge is 0.250 e. The van der Waals surface area contributed by atoms with Crippen molar-refractivity contribution in [3.63, 3.8) is 0 Å². The molecule has 6 heteroatoms. The molecule has 25 heavy (non-hydrogen) atoms. The topological polar surface area (TPSA) is 75.0 Å².